The summed E-state index contributed by atoms with van der Waals surface area (Å²) in [6, 6.07) is 0. The van der Waals surface area contributed by atoms with Crippen molar-refractivity contribution in [2.45, 2.75) is 55.4 Å². The number of hydrogen-bond donors (Lipinski definition) is 0. The maximum absolute atomic E-state index is 15.0. The Hall–Kier alpha value is -0.670. The molecule has 0 heterocycles. The van der Waals surface area contributed by atoms with Gasteiger partial charge in [-0.1, -0.05) is 12.2 Å². The number of hydrogen-bond acceptors (Lipinski definition) is 2. The third kappa shape index (κ3) is 2.27. The minimum atomic E-state index is -1.10. The highest BCUT2D eigenvalue weighted by atomic mass is 19.1. The van der Waals surface area contributed by atoms with Crippen LogP contribution in [0.25, 0.3) is 0 Å². The lowest BCUT2D eigenvalue weighted by Crippen LogP contribution is -2.66. The van der Waals surface area contributed by atoms with Gasteiger partial charge in [0.2, 0.25) is 0 Å². The molecule has 0 saturated heterocycles. The molecule has 19 heavy (non-hydrogen) atoms. The zero-order valence-electron chi connectivity index (χ0n) is 11.5. The molecule has 2 unspecified atom stereocenters. The molecular weight excluding hydrogens is 243 g/mol. The lowest BCUT2D eigenvalue weighted by molar-refractivity contribution is -0.258. The van der Waals surface area contributed by atoms with Crippen LogP contribution in [-0.2, 0) is 9.47 Å². The molecule has 0 aromatic rings. The van der Waals surface area contributed by atoms with Crippen LogP contribution in [0.1, 0.15) is 38.5 Å². The van der Waals surface area contributed by atoms with Crippen LogP contribution in [0.4, 0.5) is 4.39 Å². The standard InChI is InChI=1S/C16H23FO2/c1-3-5-18-15-8-13-7-14(17,10-15)11-16(9-13,12-15)19-6-4-2/h3-4,13H,1-2,5-12H2. The Bertz CT molecular complexity index is 364. The van der Waals surface area contributed by atoms with E-state index in [9.17, 15) is 0 Å². The van der Waals surface area contributed by atoms with E-state index < -0.39 is 5.67 Å². The fraction of sp³-hybridized carbons (Fsp3) is 0.750. The van der Waals surface area contributed by atoms with E-state index in [-0.39, 0.29) is 11.2 Å². The summed E-state index contributed by atoms with van der Waals surface area (Å²) in [5.41, 5.74) is -1.76. The monoisotopic (exact) mass is 266 g/mol. The molecule has 0 amide bonds. The average molecular weight is 266 g/mol. The van der Waals surface area contributed by atoms with Gasteiger partial charge in [0.05, 0.1) is 24.4 Å². The van der Waals surface area contributed by atoms with Gasteiger partial charge < -0.3 is 9.47 Å². The molecular formula is C16H23FO2. The summed E-state index contributed by atoms with van der Waals surface area (Å²) < 4.78 is 27.0. The van der Waals surface area contributed by atoms with Gasteiger partial charge in [0, 0.05) is 19.3 Å². The Morgan fingerprint density at radius 2 is 1.47 bits per heavy atom. The molecule has 4 aliphatic carbocycles. The van der Waals surface area contributed by atoms with Crippen LogP contribution < -0.4 is 0 Å². The number of halogens is 1. The largest absolute Gasteiger partial charge is 0.371 e. The van der Waals surface area contributed by atoms with Gasteiger partial charge in [-0.25, -0.2) is 4.39 Å². The molecule has 4 aliphatic rings. The molecule has 106 valence electrons. The minimum Gasteiger partial charge on any atom is -0.371 e. The van der Waals surface area contributed by atoms with Crippen LogP contribution in [0.3, 0.4) is 0 Å². The van der Waals surface area contributed by atoms with Crippen molar-refractivity contribution in [1.29, 1.82) is 0 Å². The van der Waals surface area contributed by atoms with Crippen molar-refractivity contribution < 1.29 is 13.9 Å². The van der Waals surface area contributed by atoms with E-state index in [1.54, 1.807) is 12.2 Å². The van der Waals surface area contributed by atoms with Crippen LogP contribution in [0.5, 0.6) is 0 Å². The maximum atomic E-state index is 15.0. The summed E-state index contributed by atoms with van der Waals surface area (Å²) in [5, 5.41) is 0. The van der Waals surface area contributed by atoms with E-state index in [2.05, 4.69) is 13.2 Å². The molecule has 0 aliphatic heterocycles. The van der Waals surface area contributed by atoms with Crippen molar-refractivity contribution in [3.63, 3.8) is 0 Å². The molecule has 0 N–H and O–H groups in total. The first-order valence-corrected chi connectivity index (χ1v) is 7.21. The molecule has 3 heteroatoms. The topological polar surface area (TPSA) is 18.5 Å². The highest BCUT2D eigenvalue weighted by Gasteiger charge is 2.65. The van der Waals surface area contributed by atoms with Crippen LogP contribution >= 0.6 is 0 Å². The second kappa shape index (κ2) is 4.42. The molecule has 2 atom stereocenters. The Balaban J connectivity index is 1.85. The summed E-state index contributed by atoms with van der Waals surface area (Å²) in [4.78, 5) is 0. The zero-order valence-corrected chi connectivity index (χ0v) is 11.5. The minimum absolute atomic E-state index is 0.330. The van der Waals surface area contributed by atoms with Crippen molar-refractivity contribution >= 4 is 0 Å². The lowest BCUT2D eigenvalue weighted by Gasteiger charge is -2.63. The van der Waals surface area contributed by atoms with E-state index >= 15 is 4.39 Å². The third-order valence-electron chi connectivity index (χ3n) is 4.91. The maximum Gasteiger partial charge on any atom is 0.116 e. The second-order valence-corrected chi connectivity index (χ2v) is 6.73. The van der Waals surface area contributed by atoms with Crippen molar-refractivity contribution in [1.82, 2.24) is 0 Å². The summed E-state index contributed by atoms with van der Waals surface area (Å²) >= 11 is 0. The van der Waals surface area contributed by atoms with Gasteiger partial charge in [-0.05, 0) is 25.2 Å². The van der Waals surface area contributed by atoms with Crippen LogP contribution in [0.2, 0.25) is 0 Å². The number of rotatable bonds is 6. The smallest absolute Gasteiger partial charge is 0.116 e. The van der Waals surface area contributed by atoms with Gasteiger partial charge in [0.1, 0.15) is 5.67 Å². The second-order valence-electron chi connectivity index (χ2n) is 6.73. The van der Waals surface area contributed by atoms with Crippen LogP contribution in [0, 0.1) is 5.92 Å². The van der Waals surface area contributed by atoms with E-state index in [1.165, 1.54) is 0 Å². The van der Waals surface area contributed by atoms with Gasteiger partial charge in [-0.2, -0.15) is 0 Å². The van der Waals surface area contributed by atoms with E-state index in [4.69, 9.17) is 9.47 Å². The summed E-state index contributed by atoms with van der Waals surface area (Å²) in [7, 11) is 0. The predicted molar refractivity (Wildman–Crippen MR) is 72.8 cm³/mol. The van der Waals surface area contributed by atoms with E-state index in [0.717, 1.165) is 19.3 Å². The zero-order chi connectivity index (χ0) is 13.6. The molecule has 0 spiro atoms. The fourth-order valence-electron chi connectivity index (χ4n) is 4.94. The van der Waals surface area contributed by atoms with Crippen molar-refractivity contribution in [3.05, 3.63) is 25.3 Å². The predicted octanol–water partition coefficient (Wildman–Crippen LogP) is 3.58. The van der Waals surface area contributed by atoms with Gasteiger partial charge >= 0.3 is 0 Å². The number of ether oxygens (including phenoxy) is 2. The Morgan fingerprint density at radius 3 is 1.89 bits per heavy atom. The van der Waals surface area contributed by atoms with E-state index in [0.29, 0.717) is 38.4 Å². The quantitative estimate of drug-likeness (QED) is 0.684. The molecule has 4 fully saturated rings. The van der Waals surface area contributed by atoms with Crippen molar-refractivity contribution in [2.75, 3.05) is 13.2 Å². The SMILES string of the molecule is C=CCOC12CC3CC(F)(C1)CC(OCC=C)(C3)C2. The first-order chi connectivity index (χ1) is 9.03. The summed E-state index contributed by atoms with van der Waals surface area (Å²) in [6.07, 6.45) is 8.03. The summed E-state index contributed by atoms with van der Waals surface area (Å²) in [6.45, 7) is 8.40. The van der Waals surface area contributed by atoms with Crippen molar-refractivity contribution in [2.24, 2.45) is 5.92 Å². The Labute approximate surface area is 114 Å². The summed E-state index contributed by atoms with van der Waals surface area (Å²) in [5.74, 6) is 0.399. The Morgan fingerprint density at radius 1 is 0.947 bits per heavy atom. The molecule has 4 saturated carbocycles. The molecule has 0 radical (unpaired) electrons. The van der Waals surface area contributed by atoms with Gasteiger partial charge in [-0.3, -0.25) is 0 Å². The van der Waals surface area contributed by atoms with E-state index in [1.807, 2.05) is 0 Å². The normalized spacial score (nSPS) is 47.3. The fourth-order valence-corrected chi connectivity index (χ4v) is 4.94. The lowest BCUT2D eigenvalue weighted by atomic mass is 9.51. The number of alkyl halides is 1. The highest BCUT2D eigenvalue weighted by Crippen LogP contribution is 2.63. The van der Waals surface area contributed by atoms with Crippen LogP contribution in [0.15, 0.2) is 25.3 Å². The molecule has 0 aromatic heterocycles. The van der Waals surface area contributed by atoms with Gasteiger partial charge in [0.25, 0.3) is 0 Å². The highest BCUT2D eigenvalue weighted by molar-refractivity contribution is 5.17. The van der Waals surface area contributed by atoms with Gasteiger partial charge in [0.15, 0.2) is 0 Å². The van der Waals surface area contributed by atoms with Crippen molar-refractivity contribution in [3.8, 4) is 0 Å². The molecule has 2 nitrogen and oxygen atoms in total. The first-order valence-electron chi connectivity index (χ1n) is 7.21. The van der Waals surface area contributed by atoms with Crippen LogP contribution in [-0.4, -0.2) is 30.1 Å². The molecule has 0 aromatic carbocycles. The third-order valence-corrected chi connectivity index (χ3v) is 4.91. The average Bonchev–Trinajstić information content (AvgIpc) is 2.31. The Kier molecular flexibility index (Phi) is 3.10. The molecule has 4 bridgehead atoms. The molecule has 4 rings (SSSR count). The van der Waals surface area contributed by atoms with Gasteiger partial charge in [-0.15, -0.1) is 13.2 Å². The first kappa shape index (κ1) is 13.3.